The first kappa shape index (κ1) is 13.1. The lowest BCUT2D eigenvalue weighted by molar-refractivity contribution is -0.129. The van der Waals surface area contributed by atoms with Crippen molar-refractivity contribution in [2.24, 2.45) is 5.92 Å². The Kier molecular flexibility index (Phi) is 3.67. The van der Waals surface area contributed by atoms with Crippen LogP contribution in [-0.4, -0.2) is 40.8 Å². The van der Waals surface area contributed by atoms with E-state index in [0.717, 1.165) is 24.8 Å². The smallest absolute Gasteiger partial charge is 0.225 e. The molecule has 1 unspecified atom stereocenters. The van der Waals surface area contributed by atoms with Crippen LogP contribution in [0.15, 0.2) is 24.5 Å². The van der Waals surface area contributed by atoms with E-state index < -0.39 is 0 Å². The molecule has 2 fully saturated rings. The van der Waals surface area contributed by atoms with Gasteiger partial charge in [0.15, 0.2) is 0 Å². The summed E-state index contributed by atoms with van der Waals surface area (Å²) in [5.74, 6) is -0.0256. The average molecular weight is 273 g/mol. The largest absolute Gasteiger partial charge is 0.355 e. The molecule has 1 aromatic heterocycles. The molecule has 0 bridgehead atoms. The third-order valence-corrected chi connectivity index (χ3v) is 3.95. The standard InChI is InChI=1S/C15H19N3O2/c19-14-8-12(10-18(14)13-3-4-13)15(20)17-7-5-11-2-1-6-16-9-11/h1-2,6,9,12-13H,3-5,7-8,10H2,(H,17,20). The number of aromatic nitrogens is 1. The first-order valence-corrected chi connectivity index (χ1v) is 7.20. The number of pyridine rings is 1. The predicted molar refractivity (Wildman–Crippen MR) is 73.8 cm³/mol. The highest BCUT2D eigenvalue weighted by Gasteiger charge is 2.41. The van der Waals surface area contributed by atoms with Crippen LogP contribution < -0.4 is 5.32 Å². The molecule has 2 heterocycles. The van der Waals surface area contributed by atoms with Crippen molar-refractivity contribution in [2.75, 3.05) is 13.1 Å². The highest BCUT2D eigenvalue weighted by atomic mass is 16.2. The van der Waals surface area contributed by atoms with Gasteiger partial charge in [-0.05, 0) is 30.9 Å². The molecule has 0 spiro atoms. The minimum Gasteiger partial charge on any atom is -0.355 e. The van der Waals surface area contributed by atoms with Crippen LogP contribution in [0, 0.1) is 5.92 Å². The van der Waals surface area contributed by atoms with Gasteiger partial charge in [-0.2, -0.15) is 0 Å². The van der Waals surface area contributed by atoms with Gasteiger partial charge in [-0.25, -0.2) is 0 Å². The summed E-state index contributed by atoms with van der Waals surface area (Å²) >= 11 is 0. The minimum atomic E-state index is -0.169. The zero-order chi connectivity index (χ0) is 13.9. The second-order valence-corrected chi connectivity index (χ2v) is 5.58. The number of nitrogens with zero attached hydrogens (tertiary/aromatic N) is 2. The number of rotatable bonds is 5. The second kappa shape index (κ2) is 5.61. The third kappa shape index (κ3) is 2.98. The number of carbonyl (C=O) groups is 2. The van der Waals surface area contributed by atoms with Crippen molar-refractivity contribution < 1.29 is 9.59 Å². The van der Waals surface area contributed by atoms with Crippen LogP contribution in [0.3, 0.4) is 0 Å². The molecule has 2 amide bonds. The number of amides is 2. The molecule has 1 saturated carbocycles. The van der Waals surface area contributed by atoms with Crippen LogP contribution in [0.2, 0.25) is 0 Å². The summed E-state index contributed by atoms with van der Waals surface area (Å²) < 4.78 is 0. The molecule has 0 aromatic carbocycles. The van der Waals surface area contributed by atoms with E-state index in [-0.39, 0.29) is 17.7 Å². The summed E-state index contributed by atoms with van der Waals surface area (Å²) in [6, 6.07) is 4.30. The number of hydrogen-bond acceptors (Lipinski definition) is 3. The summed E-state index contributed by atoms with van der Waals surface area (Å²) in [5, 5.41) is 2.93. The first-order valence-electron chi connectivity index (χ1n) is 7.20. The maximum atomic E-state index is 12.1. The van der Waals surface area contributed by atoms with E-state index >= 15 is 0 Å². The SMILES string of the molecule is O=C(NCCc1cccnc1)C1CC(=O)N(C2CC2)C1. The van der Waals surface area contributed by atoms with Gasteiger partial charge in [-0.3, -0.25) is 14.6 Å². The van der Waals surface area contributed by atoms with E-state index in [0.29, 0.717) is 25.6 Å². The van der Waals surface area contributed by atoms with Gasteiger partial charge in [0.1, 0.15) is 0 Å². The van der Waals surface area contributed by atoms with Gasteiger partial charge in [-0.15, -0.1) is 0 Å². The van der Waals surface area contributed by atoms with Crippen molar-refractivity contribution in [2.45, 2.75) is 31.7 Å². The molecule has 0 radical (unpaired) electrons. The maximum absolute atomic E-state index is 12.1. The fraction of sp³-hybridized carbons (Fsp3) is 0.533. The molecule has 2 aliphatic rings. The van der Waals surface area contributed by atoms with E-state index in [1.165, 1.54) is 0 Å². The average Bonchev–Trinajstić information content (AvgIpc) is 3.23. The van der Waals surface area contributed by atoms with Crippen molar-refractivity contribution in [3.8, 4) is 0 Å². The van der Waals surface area contributed by atoms with E-state index in [2.05, 4.69) is 10.3 Å². The molecule has 1 N–H and O–H groups in total. The summed E-state index contributed by atoms with van der Waals surface area (Å²) in [6.07, 6.45) is 6.88. The monoisotopic (exact) mass is 273 g/mol. The Labute approximate surface area is 118 Å². The molecule has 1 aliphatic heterocycles. The Morgan fingerprint density at radius 2 is 2.30 bits per heavy atom. The zero-order valence-electron chi connectivity index (χ0n) is 11.4. The quantitative estimate of drug-likeness (QED) is 0.861. The molecular formula is C15H19N3O2. The lowest BCUT2D eigenvalue weighted by atomic mass is 10.1. The van der Waals surface area contributed by atoms with E-state index in [4.69, 9.17) is 0 Å². The lowest BCUT2D eigenvalue weighted by Crippen LogP contribution is -2.34. The van der Waals surface area contributed by atoms with Crippen LogP contribution in [0.5, 0.6) is 0 Å². The molecule has 5 heteroatoms. The van der Waals surface area contributed by atoms with Gasteiger partial charge in [0.25, 0.3) is 0 Å². The van der Waals surface area contributed by atoms with E-state index in [1.54, 1.807) is 12.4 Å². The Morgan fingerprint density at radius 3 is 3.00 bits per heavy atom. The molecule has 3 rings (SSSR count). The highest BCUT2D eigenvalue weighted by molar-refractivity contribution is 5.89. The van der Waals surface area contributed by atoms with Crippen molar-refractivity contribution in [1.29, 1.82) is 0 Å². The second-order valence-electron chi connectivity index (χ2n) is 5.58. The van der Waals surface area contributed by atoms with Crippen molar-refractivity contribution >= 4 is 11.8 Å². The maximum Gasteiger partial charge on any atom is 0.225 e. The van der Waals surface area contributed by atoms with Crippen LogP contribution in [-0.2, 0) is 16.0 Å². The first-order chi connectivity index (χ1) is 9.74. The van der Waals surface area contributed by atoms with Gasteiger partial charge in [0.2, 0.25) is 11.8 Å². The summed E-state index contributed by atoms with van der Waals surface area (Å²) in [5.41, 5.74) is 1.11. The normalized spacial score (nSPS) is 22.1. The van der Waals surface area contributed by atoms with Crippen LogP contribution >= 0.6 is 0 Å². The summed E-state index contributed by atoms with van der Waals surface area (Å²) in [7, 11) is 0. The fourth-order valence-corrected chi connectivity index (χ4v) is 2.67. The Morgan fingerprint density at radius 1 is 1.45 bits per heavy atom. The Balaban J connectivity index is 1.44. The van der Waals surface area contributed by atoms with Crippen LogP contribution in [0.4, 0.5) is 0 Å². The van der Waals surface area contributed by atoms with E-state index in [9.17, 15) is 9.59 Å². The molecular weight excluding hydrogens is 254 g/mol. The number of nitrogens with one attached hydrogen (secondary N) is 1. The number of carbonyl (C=O) groups excluding carboxylic acids is 2. The molecule has 1 saturated heterocycles. The predicted octanol–water partition coefficient (Wildman–Crippen LogP) is 0.751. The summed E-state index contributed by atoms with van der Waals surface area (Å²) in [6.45, 7) is 1.20. The number of hydrogen-bond donors (Lipinski definition) is 1. The molecule has 1 aliphatic carbocycles. The topological polar surface area (TPSA) is 62.3 Å². The molecule has 1 atom stereocenters. The molecule has 1 aromatic rings. The number of likely N-dealkylation sites (tertiary alicyclic amines) is 1. The Bertz CT molecular complexity index is 499. The molecule has 20 heavy (non-hydrogen) atoms. The minimum absolute atomic E-state index is 0.00499. The molecule has 106 valence electrons. The van der Waals surface area contributed by atoms with Crippen LogP contribution in [0.25, 0.3) is 0 Å². The van der Waals surface area contributed by atoms with Gasteiger partial charge in [-0.1, -0.05) is 6.07 Å². The van der Waals surface area contributed by atoms with E-state index in [1.807, 2.05) is 17.0 Å². The van der Waals surface area contributed by atoms with Gasteiger partial charge >= 0.3 is 0 Å². The Hall–Kier alpha value is -1.91. The van der Waals surface area contributed by atoms with Gasteiger partial charge in [0, 0.05) is 37.9 Å². The third-order valence-electron chi connectivity index (χ3n) is 3.95. The molecule has 5 nitrogen and oxygen atoms in total. The lowest BCUT2D eigenvalue weighted by Gasteiger charge is -2.15. The van der Waals surface area contributed by atoms with Crippen molar-refractivity contribution in [3.63, 3.8) is 0 Å². The fourth-order valence-electron chi connectivity index (χ4n) is 2.67. The van der Waals surface area contributed by atoms with Gasteiger partial charge in [0.05, 0.1) is 5.92 Å². The highest BCUT2D eigenvalue weighted by Crippen LogP contribution is 2.32. The van der Waals surface area contributed by atoms with Gasteiger partial charge < -0.3 is 10.2 Å². The van der Waals surface area contributed by atoms with Crippen molar-refractivity contribution in [3.05, 3.63) is 30.1 Å². The van der Waals surface area contributed by atoms with Crippen molar-refractivity contribution in [1.82, 2.24) is 15.2 Å². The summed E-state index contributed by atoms with van der Waals surface area (Å²) in [4.78, 5) is 29.8. The van der Waals surface area contributed by atoms with Crippen LogP contribution in [0.1, 0.15) is 24.8 Å². The zero-order valence-corrected chi connectivity index (χ0v) is 11.4.